The highest BCUT2D eigenvalue weighted by molar-refractivity contribution is 8.00. The Morgan fingerprint density at radius 2 is 2.17 bits per heavy atom. The van der Waals surface area contributed by atoms with E-state index in [1.807, 2.05) is 11.8 Å². The van der Waals surface area contributed by atoms with Gasteiger partial charge in [-0.15, -0.1) is 11.8 Å². The monoisotopic (exact) mass is 188 g/mol. The molecule has 1 fully saturated rings. The number of rotatable bonds is 5. The summed E-state index contributed by atoms with van der Waals surface area (Å²) in [5.74, 6) is 1.19. The fourth-order valence-corrected chi connectivity index (χ4v) is 2.86. The molecule has 0 aromatic heterocycles. The molecule has 1 atom stereocenters. The van der Waals surface area contributed by atoms with Crippen molar-refractivity contribution in [2.75, 3.05) is 12.4 Å². The minimum atomic E-state index is 0.204. The van der Waals surface area contributed by atoms with Crippen LogP contribution in [-0.2, 0) is 4.74 Å². The summed E-state index contributed by atoms with van der Waals surface area (Å²) in [6, 6.07) is 0. The van der Waals surface area contributed by atoms with E-state index in [1.54, 1.807) is 0 Å². The standard InChI is InChI=1S/C10H20OS/c1-3-5-6-7-10(4-2)11-8-9-12-10/h3-9H2,1-2H3. The minimum Gasteiger partial charge on any atom is -0.364 e. The topological polar surface area (TPSA) is 9.23 Å². The summed E-state index contributed by atoms with van der Waals surface area (Å²) in [6.45, 7) is 5.45. The predicted molar refractivity (Wildman–Crippen MR) is 55.6 cm³/mol. The molecule has 0 spiro atoms. The van der Waals surface area contributed by atoms with Gasteiger partial charge in [0.05, 0.1) is 6.61 Å². The van der Waals surface area contributed by atoms with Gasteiger partial charge in [0.25, 0.3) is 0 Å². The summed E-state index contributed by atoms with van der Waals surface area (Å²) in [5.41, 5.74) is 0. The Kier molecular flexibility index (Phi) is 4.44. The van der Waals surface area contributed by atoms with Crippen LogP contribution >= 0.6 is 11.8 Å². The fourth-order valence-electron chi connectivity index (χ4n) is 1.67. The largest absolute Gasteiger partial charge is 0.364 e. The molecule has 1 aliphatic rings. The van der Waals surface area contributed by atoms with Gasteiger partial charge >= 0.3 is 0 Å². The molecule has 1 nitrogen and oxygen atoms in total. The van der Waals surface area contributed by atoms with Gasteiger partial charge in [0, 0.05) is 5.75 Å². The van der Waals surface area contributed by atoms with Crippen molar-refractivity contribution in [3.63, 3.8) is 0 Å². The first-order chi connectivity index (χ1) is 5.83. The molecule has 0 aliphatic carbocycles. The van der Waals surface area contributed by atoms with Crippen molar-refractivity contribution in [1.29, 1.82) is 0 Å². The van der Waals surface area contributed by atoms with Crippen LogP contribution in [0.3, 0.4) is 0 Å². The van der Waals surface area contributed by atoms with Crippen LogP contribution in [0.2, 0.25) is 0 Å². The third-order valence-electron chi connectivity index (χ3n) is 2.51. The first-order valence-electron chi connectivity index (χ1n) is 5.11. The van der Waals surface area contributed by atoms with E-state index >= 15 is 0 Å². The Morgan fingerprint density at radius 3 is 2.67 bits per heavy atom. The number of hydrogen-bond acceptors (Lipinski definition) is 2. The molecular weight excluding hydrogens is 168 g/mol. The van der Waals surface area contributed by atoms with Gasteiger partial charge in [0.15, 0.2) is 0 Å². The van der Waals surface area contributed by atoms with Gasteiger partial charge in [-0.05, 0) is 19.3 Å². The fraction of sp³-hybridized carbons (Fsp3) is 1.00. The normalized spacial score (nSPS) is 29.5. The molecule has 0 amide bonds. The summed E-state index contributed by atoms with van der Waals surface area (Å²) in [5, 5.41) is 0. The smallest absolute Gasteiger partial charge is 0.113 e. The maximum atomic E-state index is 5.80. The second kappa shape index (κ2) is 5.13. The van der Waals surface area contributed by atoms with Crippen LogP contribution < -0.4 is 0 Å². The SMILES string of the molecule is CCCCCC1(CC)OCCS1. The number of unbranched alkanes of at least 4 members (excludes halogenated alkanes) is 2. The maximum Gasteiger partial charge on any atom is 0.113 e. The van der Waals surface area contributed by atoms with E-state index in [2.05, 4.69) is 13.8 Å². The highest BCUT2D eigenvalue weighted by Gasteiger charge is 2.32. The van der Waals surface area contributed by atoms with Crippen LogP contribution in [0.15, 0.2) is 0 Å². The zero-order chi connectivity index (χ0) is 8.86. The molecule has 2 heteroatoms. The summed E-state index contributed by atoms with van der Waals surface area (Å²) in [7, 11) is 0. The van der Waals surface area contributed by atoms with Gasteiger partial charge in [-0.2, -0.15) is 0 Å². The van der Waals surface area contributed by atoms with E-state index in [1.165, 1.54) is 37.9 Å². The molecule has 0 aromatic carbocycles. The molecule has 0 saturated carbocycles. The lowest BCUT2D eigenvalue weighted by molar-refractivity contribution is 0.0403. The van der Waals surface area contributed by atoms with Gasteiger partial charge in [-0.3, -0.25) is 0 Å². The molecule has 0 aromatic rings. The molecule has 1 saturated heterocycles. The molecule has 0 radical (unpaired) electrons. The lowest BCUT2D eigenvalue weighted by atomic mass is 10.1. The second-order valence-electron chi connectivity index (χ2n) is 3.42. The van der Waals surface area contributed by atoms with Gasteiger partial charge in [0.2, 0.25) is 0 Å². The van der Waals surface area contributed by atoms with E-state index < -0.39 is 0 Å². The average molecular weight is 188 g/mol. The van der Waals surface area contributed by atoms with Crippen LogP contribution in [-0.4, -0.2) is 17.3 Å². The van der Waals surface area contributed by atoms with Gasteiger partial charge in [-0.25, -0.2) is 0 Å². The summed E-state index contributed by atoms with van der Waals surface area (Å²) in [4.78, 5) is 0.204. The van der Waals surface area contributed by atoms with Crippen LogP contribution in [0, 0.1) is 0 Å². The third kappa shape index (κ3) is 2.67. The van der Waals surface area contributed by atoms with Crippen LogP contribution in [0.4, 0.5) is 0 Å². The van der Waals surface area contributed by atoms with Gasteiger partial charge in [0.1, 0.15) is 4.93 Å². The van der Waals surface area contributed by atoms with Crippen molar-refractivity contribution in [3.8, 4) is 0 Å². The van der Waals surface area contributed by atoms with Crippen molar-refractivity contribution < 1.29 is 4.74 Å². The number of hydrogen-bond donors (Lipinski definition) is 0. The molecule has 12 heavy (non-hydrogen) atoms. The molecule has 1 unspecified atom stereocenters. The van der Waals surface area contributed by atoms with E-state index in [0.29, 0.717) is 0 Å². The average Bonchev–Trinajstić information content (AvgIpc) is 2.55. The Hall–Kier alpha value is 0.310. The van der Waals surface area contributed by atoms with Crippen LogP contribution in [0.5, 0.6) is 0 Å². The van der Waals surface area contributed by atoms with Crippen molar-refractivity contribution in [2.45, 2.75) is 50.9 Å². The zero-order valence-electron chi connectivity index (χ0n) is 8.27. The third-order valence-corrected chi connectivity index (χ3v) is 4.02. The molecule has 1 rings (SSSR count). The molecular formula is C10H20OS. The first-order valence-corrected chi connectivity index (χ1v) is 6.09. The zero-order valence-corrected chi connectivity index (χ0v) is 9.08. The highest BCUT2D eigenvalue weighted by Crippen LogP contribution is 2.39. The first kappa shape index (κ1) is 10.4. The highest BCUT2D eigenvalue weighted by atomic mass is 32.2. The Labute approximate surface area is 80.3 Å². The molecule has 72 valence electrons. The van der Waals surface area contributed by atoms with Crippen LogP contribution in [0.1, 0.15) is 46.0 Å². The molecule has 0 N–H and O–H groups in total. The van der Waals surface area contributed by atoms with Crippen molar-refractivity contribution in [1.82, 2.24) is 0 Å². The Bertz CT molecular complexity index is 119. The summed E-state index contributed by atoms with van der Waals surface area (Å²) >= 11 is 2.02. The quantitative estimate of drug-likeness (QED) is 0.611. The molecule has 1 aliphatic heterocycles. The van der Waals surface area contributed by atoms with E-state index in [9.17, 15) is 0 Å². The van der Waals surface area contributed by atoms with Gasteiger partial charge < -0.3 is 4.74 Å². The predicted octanol–water partition coefficient (Wildman–Crippen LogP) is 3.44. The summed E-state index contributed by atoms with van der Waals surface area (Å²) < 4.78 is 5.80. The van der Waals surface area contributed by atoms with Crippen molar-refractivity contribution in [2.24, 2.45) is 0 Å². The maximum absolute atomic E-state index is 5.80. The minimum absolute atomic E-state index is 0.204. The van der Waals surface area contributed by atoms with E-state index in [0.717, 1.165) is 6.61 Å². The van der Waals surface area contributed by atoms with E-state index in [4.69, 9.17) is 4.74 Å². The number of ether oxygens (including phenoxy) is 1. The van der Waals surface area contributed by atoms with Crippen molar-refractivity contribution in [3.05, 3.63) is 0 Å². The van der Waals surface area contributed by atoms with Crippen molar-refractivity contribution >= 4 is 11.8 Å². The Balaban J connectivity index is 2.24. The Morgan fingerprint density at radius 1 is 1.33 bits per heavy atom. The lowest BCUT2D eigenvalue weighted by Crippen LogP contribution is -2.22. The molecule has 0 bridgehead atoms. The lowest BCUT2D eigenvalue weighted by Gasteiger charge is -2.25. The molecule has 1 heterocycles. The number of thioether (sulfide) groups is 1. The van der Waals surface area contributed by atoms with Crippen LogP contribution in [0.25, 0.3) is 0 Å². The van der Waals surface area contributed by atoms with E-state index in [-0.39, 0.29) is 4.93 Å². The summed E-state index contributed by atoms with van der Waals surface area (Å²) in [6.07, 6.45) is 6.41. The van der Waals surface area contributed by atoms with Gasteiger partial charge in [-0.1, -0.05) is 26.7 Å². The second-order valence-corrected chi connectivity index (χ2v) is 4.86.